The second kappa shape index (κ2) is 3.08. The summed E-state index contributed by atoms with van der Waals surface area (Å²) in [5.41, 5.74) is 0. The van der Waals surface area contributed by atoms with E-state index in [4.69, 9.17) is 34.8 Å². The third-order valence-electron chi connectivity index (χ3n) is 1.51. The number of hydrogen-bond donors (Lipinski definition) is 0. The molecule has 0 bridgehead atoms. The highest BCUT2D eigenvalue weighted by Crippen LogP contribution is 2.36. The van der Waals surface area contributed by atoms with Gasteiger partial charge in [0.15, 0.2) is 0 Å². The van der Waals surface area contributed by atoms with Crippen LogP contribution >= 0.6 is 46.1 Å². The van der Waals surface area contributed by atoms with Crippen molar-refractivity contribution in [3.8, 4) is 0 Å². The Morgan fingerprint density at radius 1 is 1.00 bits per heavy atom. The highest BCUT2D eigenvalue weighted by atomic mass is 35.5. The molecule has 0 radical (unpaired) electrons. The molecule has 1 aromatic heterocycles. The zero-order chi connectivity index (χ0) is 8.72. The number of benzene rings is 1. The highest BCUT2D eigenvalue weighted by molar-refractivity contribution is 7.23. The molecule has 0 saturated heterocycles. The molecule has 0 aliphatic carbocycles. The van der Waals surface area contributed by atoms with E-state index >= 15 is 0 Å². The molecule has 12 heavy (non-hydrogen) atoms. The van der Waals surface area contributed by atoms with E-state index in [9.17, 15) is 0 Å². The second-order valence-electron chi connectivity index (χ2n) is 2.36. The fourth-order valence-electron chi connectivity index (χ4n) is 1.04. The molecule has 0 nitrogen and oxygen atoms in total. The number of rotatable bonds is 0. The summed E-state index contributed by atoms with van der Waals surface area (Å²) in [6.07, 6.45) is 0. The maximum Gasteiger partial charge on any atom is 0.0941 e. The van der Waals surface area contributed by atoms with Gasteiger partial charge < -0.3 is 0 Å². The van der Waals surface area contributed by atoms with Gasteiger partial charge in [-0.3, -0.25) is 0 Å². The molecule has 0 aliphatic rings. The van der Waals surface area contributed by atoms with Crippen molar-refractivity contribution in [3.63, 3.8) is 0 Å². The van der Waals surface area contributed by atoms with E-state index in [2.05, 4.69) is 0 Å². The van der Waals surface area contributed by atoms with E-state index in [0.29, 0.717) is 10.0 Å². The molecule has 1 aromatic carbocycles. The lowest BCUT2D eigenvalue weighted by atomic mass is 10.3. The Balaban J connectivity index is 2.88. The normalized spacial score (nSPS) is 10.9. The first kappa shape index (κ1) is 8.64. The van der Waals surface area contributed by atoms with Crippen LogP contribution in [0.15, 0.2) is 18.2 Å². The summed E-state index contributed by atoms with van der Waals surface area (Å²) in [5, 5.41) is 2.30. The first-order chi connectivity index (χ1) is 5.66. The summed E-state index contributed by atoms with van der Waals surface area (Å²) in [6, 6.07) is 5.43. The molecule has 0 unspecified atom stereocenters. The Labute approximate surface area is 88.7 Å². The average Bonchev–Trinajstić information content (AvgIpc) is 2.29. The van der Waals surface area contributed by atoms with Crippen LogP contribution in [-0.2, 0) is 0 Å². The summed E-state index contributed by atoms with van der Waals surface area (Å²) >= 11 is 19.0. The molecular formula is C8H3Cl3S. The van der Waals surface area contributed by atoms with E-state index < -0.39 is 0 Å². The summed E-state index contributed by atoms with van der Waals surface area (Å²) in [7, 11) is 0. The summed E-state index contributed by atoms with van der Waals surface area (Å²) in [5.74, 6) is 0. The first-order valence-corrected chi connectivity index (χ1v) is 5.16. The van der Waals surface area contributed by atoms with Crippen molar-refractivity contribution in [2.75, 3.05) is 0 Å². The molecule has 62 valence electrons. The quantitative estimate of drug-likeness (QED) is 0.614. The molecular weight excluding hydrogens is 235 g/mol. The van der Waals surface area contributed by atoms with Crippen LogP contribution in [0.3, 0.4) is 0 Å². The number of fused-ring (bicyclic) bond motifs is 1. The minimum absolute atomic E-state index is 0.641. The molecule has 0 saturated carbocycles. The van der Waals surface area contributed by atoms with Crippen molar-refractivity contribution in [2.45, 2.75) is 0 Å². The van der Waals surface area contributed by atoms with E-state index in [1.165, 1.54) is 11.3 Å². The standard InChI is InChI=1S/C8H3Cl3S/c9-5-1-4-2-7(11)12-8(4)6(10)3-5/h1-3H. The predicted molar refractivity (Wildman–Crippen MR) is 56.9 cm³/mol. The van der Waals surface area contributed by atoms with Crippen LogP contribution in [0.25, 0.3) is 10.1 Å². The Morgan fingerprint density at radius 2 is 1.75 bits per heavy atom. The molecule has 4 heteroatoms. The largest absolute Gasteiger partial charge is 0.122 e. The van der Waals surface area contributed by atoms with Gasteiger partial charge in [-0.1, -0.05) is 34.8 Å². The molecule has 0 fully saturated rings. The second-order valence-corrected chi connectivity index (χ2v) is 4.88. The lowest BCUT2D eigenvalue weighted by Gasteiger charge is -1.93. The number of hydrogen-bond acceptors (Lipinski definition) is 1. The van der Waals surface area contributed by atoms with Crippen molar-refractivity contribution in [2.24, 2.45) is 0 Å². The molecule has 1 heterocycles. The molecule has 2 rings (SSSR count). The summed E-state index contributed by atoms with van der Waals surface area (Å²) < 4.78 is 1.72. The average molecular weight is 238 g/mol. The van der Waals surface area contributed by atoms with E-state index in [1.54, 1.807) is 6.07 Å². The zero-order valence-corrected chi connectivity index (χ0v) is 8.86. The third kappa shape index (κ3) is 1.42. The van der Waals surface area contributed by atoms with Crippen LogP contribution < -0.4 is 0 Å². The lowest BCUT2D eigenvalue weighted by molar-refractivity contribution is 1.84. The van der Waals surface area contributed by atoms with Crippen molar-refractivity contribution in [1.82, 2.24) is 0 Å². The zero-order valence-electron chi connectivity index (χ0n) is 5.77. The SMILES string of the molecule is Clc1cc(Cl)c2sc(Cl)cc2c1. The molecule has 0 atom stereocenters. The van der Waals surface area contributed by atoms with Gasteiger partial charge in [-0.2, -0.15) is 0 Å². The van der Waals surface area contributed by atoms with Crippen molar-refractivity contribution in [3.05, 3.63) is 32.6 Å². The minimum atomic E-state index is 0.641. The monoisotopic (exact) mass is 236 g/mol. The van der Waals surface area contributed by atoms with Crippen molar-refractivity contribution in [1.29, 1.82) is 0 Å². The van der Waals surface area contributed by atoms with Crippen LogP contribution in [0.4, 0.5) is 0 Å². The predicted octanol–water partition coefficient (Wildman–Crippen LogP) is 4.86. The Kier molecular flexibility index (Phi) is 2.21. The molecule has 0 N–H and O–H groups in total. The maximum atomic E-state index is 5.94. The van der Waals surface area contributed by atoms with Crippen LogP contribution in [0.5, 0.6) is 0 Å². The number of halogens is 3. The Hall–Kier alpha value is 0.0500. The molecule has 0 amide bonds. The highest BCUT2D eigenvalue weighted by Gasteiger charge is 2.04. The van der Waals surface area contributed by atoms with Gasteiger partial charge in [-0.05, 0) is 23.6 Å². The summed E-state index contributed by atoms with van der Waals surface area (Å²) in [4.78, 5) is 0. The molecule has 2 aromatic rings. The topological polar surface area (TPSA) is 0 Å². The van der Waals surface area contributed by atoms with Crippen LogP contribution in [0, 0.1) is 0 Å². The van der Waals surface area contributed by atoms with E-state index in [-0.39, 0.29) is 0 Å². The van der Waals surface area contributed by atoms with Crippen LogP contribution in [-0.4, -0.2) is 0 Å². The van der Waals surface area contributed by atoms with Gasteiger partial charge in [0, 0.05) is 5.02 Å². The van der Waals surface area contributed by atoms with Gasteiger partial charge in [-0.25, -0.2) is 0 Å². The van der Waals surface area contributed by atoms with Crippen molar-refractivity contribution < 1.29 is 0 Å². The Morgan fingerprint density at radius 3 is 2.50 bits per heavy atom. The molecule has 0 spiro atoms. The van der Waals surface area contributed by atoms with Gasteiger partial charge in [0.25, 0.3) is 0 Å². The molecule has 0 aliphatic heterocycles. The van der Waals surface area contributed by atoms with Gasteiger partial charge in [0.2, 0.25) is 0 Å². The fourth-order valence-corrected chi connectivity index (χ4v) is 2.79. The lowest BCUT2D eigenvalue weighted by Crippen LogP contribution is -1.66. The van der Waals surface area contributed by atoms with E-state index in [0.717, 1.165) is 14.4 Å². The Bertz CT molecular complexity index is 433. The van der Waals surface area contributed by atoms with Crippen molar-refractivity contribution >= 4 is 56.2 Å². The third-order valence-corrected chi connectivity index (χ3v) is 3.45. The van der Waals surface area contributed by atoms with Gasteiger partial charge >= 0.3 is 0 Å². The smallest absolute Gasteiger partial charge is 0.0941 e. The maximum absolute atomic E-state index is 5.94. The summed E-state index contributed by atoms with van der Waals surface area (Å²) in [6.45, 7) is 0. The van der Waals surface area contributed by atoms with Crippen LogP contribution in [0.1, 0.15) is 0 Å². The number of thiophene rings is 1. The van der Waals surface area contributed by atoms with Gasteiger partial charge in [-0.15, -0.1) is 11.3 Å². The van der Waals surface area contributed by atoms with Gasteiger partial charge in [0.1, 0.15) is 0 Å². The minimum Gasteiger partial charge on any atom is -0.122 e. The first-order valence-electron chi connectivity index (χ1n) is 3.21. The van der Waals surface area contributed by atoms with Gasteiger partial charge in [0.05, 0.1) is 14.1 Å². The van der Waals surface area contributed by atoms with Crippen LogP contribution in [0.2, 0.25) is 14.4 Å². The van der Waals surface area contributed by atoms with E-state index in [1.807, 2.05) is 12.1 Å². The fraction of sp³-hybridized carbons (Fsp3) is 0.